The molecule has 1 atom stereocenters. The van der Waals surface area contributed by atoms with Crippen LogP contribution in [0, 0.1) is 0 Å². The third-order valence-electron chi connectivity index (χ3n) is 1.68. The highest BCUT2D eigenvalue weighted by Gasteiger charge is 2.08. The molecule has 1 unspecified atom stereocenters. The first-order valence-corrected chi connectivity index (χ1v) is 4.01. The van der Waals surface area contributed by atoms with Crippen LogP contribution < -0.4 is 16.6 Å². The molecule has 0 saturated heterocycles. The van der Waals surface area contributed by atoms with Crippen LogP contribution in [0.4, 0.5) is 0 Å². The van der Waals surface area contributed by atoms with E-state index in [9.17, 15) is 0 Å². The summed E-state index contributed by atoms with van der Waals surface area (Å²) in [7, 11) is 1.65. The Kier molecular flexibility index (Phi) is 3.33. The molecular weight excluding hydrogens is 168 g/mol. The SMILES string of the molecule is CN=C(NN)NC(C)c1ccco1. The first kappa shape index (κ1) is 9.60. The average Bonchev–Trinajstić information content (AvgIpc) is 2.66. The number of nitrogens with zero attached hydrogens (tertiary/aromatic N) is 1. The zero-order chi connectivity index (χ0) is 9.68. The smallest absolute Gasteiger partial charge is 0.206 e. The topological polar surface area (TPSA) is 75.6 Å². The largest absolute Gasteiger partial charge is 0.467 e. The molecule has 72 valence electrons. The number of hydrogen-bond donors (Lipinski definition) is 3. The van der Waals surface area contributed by atoms with Crippen LogP contribution in [0.15, 0.2) is 27.8 Å². The fourth-order valence-corrected chi connectivity index (χ4v) is 0.985. The summed E-state index contributed by atoms with van der Waals surface area (Å²) in [6.07, 6.45) is 1.63. The van der Waals surface area contributed by atoms with Gasteiger partial charge in [-0.25, -0.2) is 5.84 Å². The number of guanidine groups is 1. The van der Waals surface area contributed by atoms with Crippen LogP contribution in [0.25, 0.3) is 0 Å². The second-order valence-electron chi connectivity index (χ2n) is 2.60. The second kappa shape index (κ2) is 4.51. The Labute approximate surface area is 77.0 Å². The lowest BCUT2D eigenvalue weighted by molar-refractivity contribution is 0.460. The maximum atomic E-state index is 5.21. The molecule has 0 saturated carbocycles. The van der Waals surface area contributed by atoms with Crippen LogP contribution in [-0.4, -0.2) is 13.0 Å². The van der Waals surface area contributed by atoms with Gasteiger partial charge in [0.05, 0.1) is 12.3 Å². The van der Waals surface area contributed by atoms with Gasteiger partial charge in [0, 0.05) is 7.05 Å². The Bertz CT molecular complexity index is 268. The summed E-state index contributed by atoms with van der Waals surface area (Å²) in [4.78, 5) is 3.88. The Morgan fingerprint density at radius 2 is 2.46 bits per heavy atom. The molecule has 4 N–H and O–H groups in total. The first-order chi connectivity index (χ1) is 6.27. The number of nitrogens with one attached hydrogen (secondary N) is 2. The van der Waals surface area contributed by atoms with E-state index >= 15 is 0 Å². The monoisotopic (exact) mass is 182 g/mol. The van der Waals surface area contributed by atoms with Crippen molar-refractivity contribution in [1.29, 1.82) is 0 Å². The minimum atomic E-state index is 0.0461. The number of furan rings is 1. The van der Waals surface area contributed by atoms with E-state index in [-0.39, 0.29) is 6.04 Å². The van der Waals surface area contributed by atoms with Crippen LogP contribution in [0.3, 0.4) is 0 Å². The van der Waals surface area contributed by atoms with Gasteiger partial charge in [0.25, 0.3) is 0 Å². The molecule has 1 rings (SSSR count). The molecular formula is C8H14N4O. The van der Waals surface area contributed by atoms with E-state index < -0.39 is 0 Å². The molecule has 0 amide bonds. The summed E-state index contributed by atoms with van der Waals surface area (Å²) < 4.78 is 5.20. The predicted octanol–water partition coefficient (Wildman–Crippen LogP) is 0.379. The van der Waals surface area contributed by atoms with E-state index in [2.05, 4.69) is 15.7 Å². The maximum absolute atomic E-state index is 5.21. The Balaban J connectivity index is 2.55. The molecule has 5 nitrogen and oxygen atoms in total. The van der Waals surface area contributed by atoms with Crippen molar-refractivity contribution in [3.63, 3.8) is 0 Å². The van der Waals surface area contributed by atoms with Gasteiger partial charge in [-0.3, -0.25) is 10.4 Å². The van der Waals surface area contributed by atoms with Crippen molar-refractivity contribution in [3.05, 3.63) is 24.2 Å². The Morgan fingerprint density at radius 1 is 1.69 bits per heavy atom. The summed E-state index contributed by atoms with van der Waals surface area (Å²) in [5.74, 6) is 6.59. The Morgan fingerprint density at radius 3 is 2.92 bits per heavy atom. The van der Waals surface area contributed by atoms with Gasteiger partial charge < -0.3 is 9.73 Å². The molecule has 0 aromatic carbocycles. The molecule has 0 radical (unpaired) electrons. The lowest BCUT2D eigenvalue weighted by Crippen LogP contribution is -2.42. The van der Waals surface area contributed by atoms with Gasteiger partial charge in [-0.2, -0.15) is 0 Å². The molecule has 0 aliphatic heterocycles. The van der Waals surface area contributed by atoms with Crippen molar-refractivity contribution < 1.29 is 4.42 Å². The molecule has 0 bridgehead atoms. The van der Waals surface area contributed by atoms with Gasteiger partial charge in [-0.15, -0.1) is 0 Å². The average molecular weight is 182 g/mol. The van der Waals surface area contributed by atoms with Crippen LogP contribution in [-0.2, 0) is 0 Å². The number of hydrogen-bond acceptors (Lipinski definition) is 3. The quantitative estimate of drug-likeness (QED) is 0.267. The molecule has 0 spiro atoms. The molecule has 0 fully saturated rings. The van der Waals surface area contributed by atoms with Crippen molar-refractivity contribution in [2.45, 2.75) is 13.0 Å². The fourth-order valence-electron chi connectivity index (χ4n) is 0.985. The number of hydrazine groups is 1. The summed E-state index contributed by atoms with van der Waals surface area (Å²) in [5.41, 5.74) is 2.44. The van der Waals surface area contributed by atoms with Gasteiger partial charge in [-0.1, -0.05) is 0 Å². The van der Waals surface area contributed by atoms with E-state index in [0.29, 0.717) is 5.96 Å². The maximum Gasteiger partial charge on any atom is 0.206 e. The van der Waals surface area contributed by atoms with Crippen molar-refractivity contribution in [2.75, 3.05) is 7.05 Å². The third kappa shape index (κ3) is 2.48. The van der Waals surface area contributed by atoms with E-state index in [0.717, 1.165) is 5.76 Å². The van der Waals surface area contributed by atoms with Crippen molar-refractivity contribution in [2.24, 2.45) is 10.8 Å². The van der Waals surface area contributed by atoms with Gasteiger partial charge in [-0.05, 0) is 19.1 Å². The fraction of sp³-hybridized carbons (Fsp3) is 0.375. The lowest BCUT2D eigenvalue weighted by atomic mass is 10.2. The summed E-state index contributed by atoms with van der Waals surface area (Å²) in [6, 6.07) is 3.78. The summed E-state index contributed by atoms with van der Waals surface area (Å²) >= 11 is 0. The normalized spacial score (nSPS) is 13.9. The van der Waals surface area contributed by atoms with Crippen molar-refractivity contribution >= 4 is 5.96 Å². The zero-order valence-corrected chi connectivity index (χ0v) is 7.74. The van der Waals surface area contributed by atoms with Gasteiger partial charge in [0.1, 0.15) is 5.76 Å². The predicted molar refractivity (Wildman–Crippen MR) is 50.9 cm³/mol. The molecule has 1 heterocycles. The van der Waals surface area contributed by atoms with Gasteiger partial charge >= 0.3 is 0 Å². The molecule has 0 aliphatic rings. The van der Waals surface area contributed by atoms with Crippen molar-refractivity contribution in [1.82, 2.24) is 10.7 Å². The summed E-state index contributed by atoms with van der Waals surface area (Å²) in [5, 5.41) is 3.04. The van der Waals surface area contributed by atoms with E-state index in [4.69, 9.17) is 10.3 Å². The van der Waals surface area contributed by atoms with Crippen molar-refractivity contribution in [3.8, 4) is 0 Å². The number of aliphatic imine (C=N–C) groups is 1. The highest BCUT2D eigenvalue weighted by atomic mass is 16.3. The zero-order valence-electron chi connectivity index (χ0n) is 7.74. The lowest BCUT2D eigenvalue weighted by Gasteiger charge is -2.13. The standard InChI is InChI=1S/C8H14N4O/c1-6(7-4-3-5-13-7)11-8(10-2)12-9/h3-6H,9H2,1-2H3,(H2,10,11,12). The second-order valence-corrected chi connectivity index (χ2v) is 2.60. The minimum Gasteiger partial charge on any atom is -0.467 e. The van der Waals surface area contributed by atoms with E-state index in [1.807, 2.05) is 19.1 Å². The Hall–Kier alpha value is -1.49. The van der Waals surface area contributed by atoms with Crippen LogP contribution in [0.1, 0.15) is 18.7 Å². The van der Waals surface area contributed by atoms with Crippen LogP contribution in [0.5, 0.6) is 0 Å². The molecule has 13 heavy (non-hydrogen) atoms. The molecule has 1 aromatic heterocycles. The molecule has 0 aliphatic carbocycles. The third-order valence-corrected chi connectivity index (χ3v) is 1.68. The number of rotatable bonds is 2. The van der Waals surface area contributed by atoms with Gasteiger partial charge in [0.15, 0.2) is 0 Å². The highest BCUT2D eigenvalue weighted by Crippen LogP contribution is 2.11. The van der Waals surface area contributed by atoms with E-state index in [1.54, 1.807) is 13.3 Å². The molecule has 5 heteroatoms. The summed E-state index contributed by atoms with van der Waals surface area (Å²) in [6.45, 7) is 1.96. The number of nitrogens with two attached hydrogens (primary N) is 1. The van der Waals surface area contributed by atoms with Crippen LogP contribution in [0.2, 0.25) is 0 Å². The molecule has 1 aromatic rings. The minimum absolute atomic E-state index is 0.0461. The van der Waals surface area contributed by atoms with E-state index in [1.165, 1.54) is 0 Å². The highest BCUT2D eigenvalue weighted by molar-refractivity contribution is 5.79. The first-order valence-electron chi connectivity index (χ1n) is 4.01. The van der Waals surface area contributed by atoms with Gasteiger partial charge in [0.2, 0.25) is 5.96 Å². The van der Waals surface area contributed by atoms with Crippen LogP contribution >= 0.6 is 0 Å².